The van der Waals surface area contributed by atoms with Crippen LogP contribution in [0.15, 0.2) is 36.4 Å². The Kier molecular flexibility index (Phi) is 4.48. The zero-order valence-corrected chi connectivity index (χ0v) is 12.6. The highest BCUT2D eigenvalue weighted by Gasteiger charge is 2.06. The third kappa shape index (κ3) is 3.99. The summed E-state index contributed by atoms with van der Waals surface area (Å²) in [4.78, 5) is 11.9. The van der Waals surface area contributed by atoms with Crippen molar-refractivity contribution in [3.63, 3.8) is 0 Å². The first-order valence-electron chi connectivity index (χ1n) is 6.82. The number of hydrogen-bond donors (Lipinski definition) is 2. The lowest BCUT2D eigenvalue weighted by Gasteiger charge is -2.11. The zero-order valence-electron chi connectivity index (χ0n) is 12.6. The first-order valence-corrected chi connectivity index (χ1v) is 6.82. The fraction of sp³-hybridized carbons (Fsp3) is 0.235. The van der Waals surface area contributed by atoms with Crippen molar-refractivity contribution in [3.05, 3.63) is 53.1 Å². The van der Waals surface area contributed by atoms with Gasteiger partial charge in [0.25, 0.3) is 5.91 Å². The zero-order chi connectivity index (χ0) is 15.4. The predicted molar refractivity (Wildman–Crippen MR) is 85.6 cm³/mol. The highest BCUT2D eigenvalue weighted by Crippen LogP contribution is 2.20. The van der Waals surface area contributed by atoms with Gasteiger partial charge in [-0.25, -0.2) is 0 Å². The topological polar surface area (TPSA) is 64.3 Å². The first kappa shape index (κ1) is 14.9. The van der Waals surface area contributed by atoms with Crippen LogP contribution in [0.2, 0.25) is 0 Å². The molecule has 1 amide bonds. The Morgan fingerprint density at radius 3 is 2.48 bits per heavy atom. The highest BCUT2D eigenvalue weighted by atomic mass is 16.5. The third-order valence-corrected chi connectivity index (χ3v) is 3.35. The molecule has 0 radical (unpaired) electrons. The Balaban J connectivity index is 1.94. The van der Waals surface area contributed by atoms with E-state index in [1.54, 1.807) is 12.1 Å². The van der Waals surface area contributed by atoms with E-state index in [2.05, 4.69) is 5.32 Å². The molecule has 2 aromatic rings. The molecule has 0 unspecified atom stereocenters. The van der Waals surface area contributed by atoms with Gasteiger partial charge in [0.05, 0.1) is 0 Å². The van der Waals surface area contributed by atoms with Gasteiger partial charge in [0, 0.05) is 11.4 Å². The highest BCUT2D eigenvalue weighted by molar-refractivity contribution is 5.92. The molecule has 21 heavy (non-hydrogen) atoms. The number of ether oxygens (including phenoxy) is 1. The molecule has 0 saturated carbocycles. The van der Waals surface area contributed by atoms with Crippen LogP contribution in [-0.4, -0.2) is 12.5 Å². The van der Waals surface area contributed by atoms with Crippen molar-refractivity contribution < 1.29 is 9.53 Å². The summed E-state index contributed by atoms with van der Waals surface area (Å²) in [6, 6.07) is 11.2. The Hall–Kier alpha value is -2.49. The summed E-state index contributed by atoms with van der Waals surface area (Å²) in [5, 5.41) is 2.82. The Labute approximate surface area is 124 Å². The standard InChI is InChI=1S/C17H20N2O2/c1-11-4-6-15(9-12(11)2)19-17(20)10-21-16-7-5-14(18)8-13(16)3/h4-9H,10,18H2,1-3H3,(H,19,20). The van der Waals surface area contributed by atoms with Crippen molar-refractivity contribution in [1.29, 1.82) is 0 Å². The quantitative estimate of drug-likeness (QED) is 0.847. The van der Waals surface area contributed by atoms with E-state index in [0.29, 0.717) is 11.4 Å². The minimum Gasteiger partial charge on any atom is -0.483 e. The molecule has 4 heteroatoms. The van der Waals surface area contributed by atoms with Gasteiger partial charge in [0.1, 0.15) is 5.75 Å². The number of amides is 1. The Morgan fingerprint density at radius 1 is 1.05 bits per heavy atom. The maximum atomic E-state index is 11.9. The Bertz CT molecular complexity index is 666. The molecule has 2 aromatic carbocycles. The van der Waals surface area contributed by atoms with Gasteiger partial charge in [-0.05, 0) is 67.8 Å². The minimum absolute atomic E-state index is 0.0301. The van der Waals surface area contributed by atoms with Gasteiger partial charge in [-0.3, -0.25) is 4.79 Å². The number of hydrogen-bond acceptors (Lipinski definition) is 3. The number of anilines is 2. The van der Waals surface area contributed by atoms with Crippen LogP contribution in [0.25, 0.3) is 0 Å². The summed E-state index contributed by atoms with van der Waals surface area (Å²) in [6.45, 7) is 5.91. The van der Waals surface area contributed by atoms with Gasteiger partial charge in [0.2, 0.25) is 0 Å². The van der Waals surface area contributed by atoms with Crippen LogP contribution in [0.5, 0.6) is 5.75 Å². The van der Waals surface area contributed by atoms with Crippen LogP contribution in [-0.2, 0) is 4.79 Å². The van der Waals surface area contributed by atoms with Gasteiger partial charge in [-0.1, -0.05) is 6.07 Å². The predicted octanol–water partition coefficient (Wildman–Crippen LogP) is 3.21. The van der Waals surface area contributed by atoms with Crippen LogP contribution in [0, 0.1) is 20.8 Å². The molecule has 0 aliphatic carbocycles. The van der Waals surface area contributed by atoms with Gasteiger partial charge < -0.3 is 15.8 Å². The summed E-state index contributed by atoms with van der Waals surface area (Å²) >= 11 is 0. The smallest absolute Gasteiger partial charge is 0.262 e. The average Bonchev–Trinajstić information content (AvgIpc) is 2.42. The molecule has 0 aromatic heterocycles. The first-order chi connectivity index (χ1) is 9.95. The van der Waals surface area contributed by atoms with Crippen LogP contribution < -0.4 is 15.8 Å². The maximum absolute atomic E-state index is 11.9. The van der Waals surface area contributed by atoms with E-state index in [0.717, 1.165) is 16.8 Å². The van der Waals surface area contributed by atoms with E-state index < -0.39 is 0 Å². The summed E-state index contributed by atoms with van der Waals surface area (Å²) < 4.78 is 5.51. The van der Waals surface area contributed by atoms with E-state index >= 15 is 0 Å². The number of nitrogen functional groups attached to an aromatic ring is 1. The monoisotopic (exact) mass is 284 g/mol. The summed E-state index contributed by atoms with van der Waals surface area (Å²) in [6.07, 6.45) is 0. The van der Waals surface area contributed by atoms with E-state index in [9.17, 15) is 4.79 Å². The molecule has 0 aliphatic heterocycles. The molecule has 2 rings (SSSR count). The van der Waals surface area contributed by atoms with E-state index in [1.165, 1.54) is 5.56 Å². The number of nitrogens with one attached hydrogen (secondary N) is 1. The number of nitrogens with two attached hydrogens (primary N) is 1. The molecule has 0 fully saturated rings. The number of carbonyl (C=O) groups is 1. The molecular formula is C17H20N2O2. The maximum Gasteiger partial charge on any atom is 0.262 e. The van der Waals surface area contributed by atoms with Gasteiger partial charge >= 0.3 is 0 Å². The molecular weight excluding hydrogens is 264 g/mol. The van der Waals surface area contributed by atoms with Crippen LogP contribution in [0.3, 0.4) is 0 Å². The number of rotatable bonds is 4. The van der Waals surface area contributed by atoms with Crippen LogP contribution in [0.1, 0.15) is 16.7 Å². The van der Waals surface area contributed by atoms with Crippen molar-refractivity contribution in [3.8, 4) is 5.75 Å². The van der Waals surface area contributed by atoms with E-state index in [4.69, 9.17) is 10.5 Å². The normalized spacial score (nSPS) is 10.2. The molecule has 0 atom stereocenters. The van der Waals surface area contributed by atoms with Crippen LogP contribution in [0.4, 0.5) is 11.4 Å². The molecule has 0 bridgehead atoms. The van der Waals surface area contributed by atoms with E-state index in [1.807, 2.05) is 45.0 Å². The SMILES string of the molecule is Cc1ccc(NC(=O)COc2ccc(N)cc2C)cc1C. The number of carbonyl (C=O) groups excluding carboxylic acids is 1. The minimum atomic E-state index is -0.186. The molecule has 4 nitrogen and oxygen atoms in total. The molecule has 0 spiro atoms. The van der Waals surface area contributed by atoms with E-state index in [-0.39, 0.29) is 12.5 Å². The second kappa shape index (κ2) is 6.31. The molecule has 0 heterocycles. The summed E-state index contributed by atoms with van der Waals surface area (Å²) in [5.41, 5.74) is 10.4. The Morgan fingerprint density at radius 2 is 1.81 bits per heavy atom. The molecule has 0 aliphatic rings. The van der Waals surface area contributed by atoms with Gasteiger partial charge in [0.15, 0.2) is 6.61 Å². The second-order valence-electron chi connectivity index (χ2n) is 5.16. The van der Waals surface area contributed by atoms with Gasteiger partial charge in [-0.2, -0.15) is 0 Å². The lowest BCUT2D eigenvalue weighted by atomic mass is 10.1. The van der Waals surface area contributed by atoms with Crippen molar-refractivity contribution >= 4 is 17.3 Å². The lowest BCUT2D eigenvalue weighted by Crippen LogP contribution is -2.20. The van der Waals surface area contributed by atoms with Crippen LogP contribution >= 0.6 is 0 Å². The molecule has 0 saturated heterocycles. The summed E-state index contributed by atoms with van der Waals surface area (Å²) in [5.74, 6) is 0.480. The number of aryl methyl sites for hydroxylation is 3. The van der Waals surface area contributed by atoms with Crippen molar-refractivity contribution in [2.24, 2.45) is 0 Å². The number of benzene rings is 2. The fourth-order valence-corrected chi connectivity index (χ4v) is 1.99. The van der Waals surface area contributed by atoms with Gasteiger partial charge in [-0.15, -0.1) is 0 Å². The van der Waals surface area contributed by atoms with Crippen molar-refractivity contribution in [2.75, 3.05) is 17.7 Å². The molecule has 3 N–H and O–H groups in total. The average molecular weight is 284 g/mol. The summed E-state index contributed by atoms with van der Waals surface area (Å²) in [7, 11) is 0. The third-order valence-electron chi connectivity index (χ3n) is 3.35. The largest absolute Gasteiger partial charge is 0.483 e. The van der Waals surface area contributed by atoms with Crippen molar-refractivity contribution in [1.82, 2.24) is 0 Å². The second-order valence-corrected chi connectivity index (χ2v) is 5.16. The molecule has 110 valence electrons. The lowest BCUT2D eigenvalue weighted by molar-refractivity contribution is -0.118. The fourth-order valence-electron chi connectivity index (χ4n) is 1.99. The van der Waals surface area contributed by atoms with Crippen molar-refractivity contribution in [2.45, 2.75) is 20.8 Å².